The molecule has 5 aromatic rings. The van der Waals surface area contributed by atoms with Crippen LogP contribution in [0.25, 0.3) is 11.0 Å². The Bertz CT molecular complexity index is 1850. The number of thioether (sulfide) groups is 1. The molecular weight excluding hydrogens is 588 g/mol. The molecule has 41 heavy (non-hydrogen) atoms. The quantitative estimate of drug-likeness (QED) is 0.0656. The third-order valence-corrected chi connectivity index (χ3v) is 8.88. The largest absolute Gasteiger partial charge is 0.503 e. The van der Waals surface area contributed by atoms with Crippen molar-refractivity contribution in [2.45, 2.75) is 16.1 Å². The minimum Gasteiger partial charge on any atom is -0.503 e. The number of nitro groups is 1. The summed E-state index contributed by atoms with van der Waals surface area (Å²) in [6, 6.07) is 20.2. The number of anilines is 1. The molecule has 1 unspecified atom stereocenters. The zero-order valence-electron chi connectivity index (χ0n) is 20.8. The summed E-state index contributed by atoms with van der Waals surface area (Å²) in [5, 5.41) is 32.3. The number of carbonyl (C=O) groups is 2. The van der Waals surface area contributed by atoms with Gasteiger partial charge in [0, 0.05) is 28.3 Å². The smallest absolute Gasteiger partial charge is 0.296 e. The lowest BCUT2D eigenvalue weighted by atomic mass is 9.95. The summed E-state index contributed by atoms with van der Waals surface area (Å²) >= 11 is 8.69. The standard InChI is InChI=1S/C28H17ClN4O6S2/c29-19-10-3-1-7-17(19)14-40-28-31-30-27(41-28)32-23(16-8-5-9-18(12-16)33(37)38)22(25(35)26(32)36)24(34)21-13-15-6-2-4-11-20(15)39-21/h1-13,23,35H,14H2. The van der Waals surface area contributed by atoms with E-state index in [0.717, 1.165) is 21.8 Å². The number of amides is 1. The Morgan fingerprint density at radius 1 is 1.10 bits per heavy atom. The van der Waals surface area contributed by atoms with Crippen molar-refractivity contribution in [3.8, 4) is 0 Å². The predicted octanol–water partition coefficient (Wildman–Crippen LogP) is 6.92. The van der Waals surface area contributed by atoms with Gasteiger partial charge in [-0.05, 0) is 29.3 Å². The normalized spacial score (nSPS) is 15.2. The average Bonchev–Trinajstić information content (AvgIpc) is 3.69. The molecule has 3 heterocycles. The van der Waals surface area contributed by atoms with E-state index in [1.54, 1.807) is 30.3 Å². The Balaban J connectivity index is 1.39. The lowest BCUT2D eigenvalue weighted by Crippen LogP contribution is -2.31. The van der Waals surface area contributed by atoms with Crippen molar-refractivity contribution in [2.75, 3.05) is 4.90 Å². The molecule has 13 heteroatoms. The zero-order chi connectivity index (χ0) is 28.7. The van der Waals surface area contributed by atoms with Crippen LogP contribution in [-0.2, 0) is 10.5 Å². The first kappa shape index (κ1) is 26.7. The van der Waals surface area contributed by atoms with E-state index in [2.05, 4.69) is 10.2 Å². The minimum atomic E-state index is -1.22. The molecule has 0 aliphatic carbocycles. The Morgan fingerprint density at radius 3 is 2.66 bits per heavy atom. The highest BCUT2D eigenvalue weighted by Crippen LogP contribution is 2.45. The maximum Gasteiger partial charge on any atom is 0.296 e. The van der Waals surface area contributed by atoms with Crippen molar-refractivity contribution in [3.63, 3.8) is 0 Å². The van der Waals surface area contributed by atoms with Crippen molar-refractivity contribution >= 4 is 68.2 Å². The van der Waals surface area contributed by atoms with Crippen LogP contribution in [0.1, 0.15) is 27.7 Å². The van der Waals surface area contributed by atoms with E-state index in [4.69, 9.17) is 16.0 Å². The number of carbonyl (C=O) groups excluding carboxylic acids is 2. The summed E-state index contributed by atoms with van der Waals surface area (Å²) in [6.45, 7) is 0. The summed E-state index contributed by atoms with van der Waals surface area (Å²) < 4.78 is 6.24. The van der Waals surface area contributed by atoms with Crippen LogP contribution in [0.3, 0.4) is 0 Å². The highest BCUT2D eigenvalue weighted by Gasteiger charge is 2.47. The molecule has 204 valence electrons. The van der Waals surface area contributed by atoms with Gasteiger partial charge in [0.25, 0.3) is 11.6 Å². The monoisotopic (exact) mass is 604 g/mol. The lowest BCUT2D eigenvalue weighted by Gasteiger charge is -2.23. The van der Waals surface area contributed by atoms with E-state index in [1.807, 2.05) is 18.2 Å². The van der Waals surface area contributed by atoms with Gasteiger partial charge in [-0.25, -0.2) is 0 Å². The highest BCUT2D eigenvalue weighted by atomic mass is 35.5. The van der Waals surface area contributed by atoms with E-state index < -0.39 is 28.4 Å². The van der Waals surface area contributed by atoms with Crippen molar-refractivity contribution in [1.29, 1.82) is 0 Å². The van der Waals surface area contributed by atoms with Crippen LogP contribution < -0.4 is 4.90 Å². The Hall–Kier alpha value is -4.52. The number of benzene rings is 3. The molecule has 3 aromatic carbocycles. The fraction of sp³-hybridized carbons (Fsp3) is 0.0714. The number of furan rings is 1. The number of para-hydroxylation sites is 1. The number of halogens is 1. The Labute approximate surface area is 245 Å². The van der Waals surface area contributed by atoms with Crippen LogP contribution in [-0.4, -0.2) is 31.9 Å². The fourth-order valence-electron chi connectivity index (χ4n) is 4.50. The molecule has 0 fully saturated rings. The number of nitrogens with zero attached hydrogens (tertiary/aromatic N) is 4. The first-order chi connectivity index (χ1) is 19.8. The predicted molar refractivity (Wildman–Crippen MR) is 154 cm³/mol. The van der Waals surface area contributed by atoms with Gasteiger partial charge in [-0.2, -0.15) is 0 Å². The number of aliphatic hydroxyl groups is 1. The molecule has 1 aliphatic rings. The number of non-ortho nitro benzene ring substituents is 1. The molecule has 1 N–H and O–H groups in total. The van der Waals surface area contributed by atoms with Gasteiger partial charge in [0.1, 0.15) is 5.58 Å². The van der Waals surface area contributed by atoms with Crippen molar-refractivity contribution in [2.24, 2.45) is 0 Å². The molecule has 1 amide bonds. The Kier molecular flexibility index (Phi) is 7.03. The van der Waals surface area contributed by atoms with Gasteiger partial charge in [0.05, 0.1) is 16.5 Å². The molecule has 1 atom stereocenters. The summed E-state index contributed by atoms with van der Waals surface area (Å²) in [6.07, 6.45) is 0. The Morgan fingerprint density at radius 2 is 1.88 bits per heavy atom. The second-order valence-corrected chi connectivity index (χ2v) is 11.5. The number of hydrogen-bond donors (Lipinski definition) is 1. The second-order valence-electron chi connectivity index (χ2n) is 8.90. The summed E-state index contributed by atoms with van der Waals surface area (Å²) in [5.74, 6) is -2.02. The van der Waals surface area contributed by atoms with Crippen LogP contribution in [0.15, 0.2) is 99.0 Å². The number of nitro benzene ring substituents is 1. The zero-order valence-corrected chi connectivity index (χ0v) is 23.2. The van der Waals surface area contributed by atoms with Gasteiger partial charge in [0.2, 0.25) is 10.9 Å². The number of fused-ring (bicyclic) bond motifs is 1. The van der Waals surface area contributed by atoms with E-state index >= 15 is 0 Å². The van der Waals surface area contributed by atoms with Crippen LogP contribution in [0.4, 0.5) is 10.8 Å². The molecule has 0 spiro atoms. The highest BCUT2D eigenvalue weighted by molar-refractivity contribution is 8.00. The maximum atomic E-state index is 13.8. The summed E-state index contributed by atoms with van der Waals surface area (Å²) in [4.78, 5) is 39.3. The lowest BCUT2D eigenvalue weighted by molar-refractivity contribution is -0.384. The molecule has 10 nitrogen and oxygen atoms in total. The maximum absolute atomic E-state index is 13.8. The fourth-order valence-corrected chi connectivity index (χ4v) is 6.65. The van der Waals surface area contributed by atoms with Crippen LogP contribution in [0.5, 0.6) is 0 Å². The topological polar surface area (TPSA) is 140 Å². The molecule has 2 aromatic heterocycles. The van der Waals surface area contributed by atoms with Gasteiger partial charge in [-0.15, -0.1) is 10.2 Å². The number of aromatic nitrogens is 2. The van der Waals surface area contributed by atoms with Gasteiger partial charge < -0.3 is 9.52 Å². The molecular formula is C28H17ClN4O6S2. The van der Waals surface area contributed by atoms with Crippen LogP contribution in [0, 0.1) is 10.1 Å². The van der Waals surface area contributed by atoms with Gasteiger partial charge in [-0.3, -0.25) is 24.6 Å². The minimum absolute atomic E-state index is 0.0916. The third-order valence-electron chi connectivity index (χ3n) is 6.41. The second kappa shape index (κ2) is 10.8. The van der Waals surface area contributed by atoms with Crippen LogP contribution in [0.2, 0.25) is 5.02 Å². The number of ketones is 1. The first-order valence-electron chi connectivity index (χ1n) is 12.1. The molecule has 1 aliphatic heterocycles. The van der Waals surface area contributed by atoms with E-state index in [9.17, 15) is 24.8 Å². The van der Waals surface area contributed by atoms with E-state index in [1.165, 1.54) is 42.1 Å². The summed E-state index contributed by atoms with van der Waals surface area (Å²) in [5.41, 5.74) is 1.05. The van der Waals surface area contributed by atoms with Crippen LogP contribution >= 0.6 is 34.7 Å². The third kappa shape index (κ3) is 4.97. The van der Waals surface area contributed by atoms with Crippen molar-refractivity contribution in [1.82, 2.24) is 10.2 Å². The first-order valence-corrected chi connectivity index (χ1v) is 14.2. The van der Waals surface area contributed by atoms with E-state index in [-0.39, 0.29) is 27.7 Å². The number of hydrogen-bond acceptors (Lipinski definition) is 10. The SMILES string of the molecule is O=C(C1=C(O)C(=O)N(c2nnc(SCc3ccccc3Cl)s2)C1c1cccc([N+](=O)[O-])c1)c1cc2ccccc2o1. The average molecular weight is 605 g/mol. The summed E-state index contributed by atoms with van der Waals surface area (Å²) in [7, 11) is 0. The number of Topliss-reactive ketones (excluding diaryl/α,β-unsaturated/α-hetero) is 1. The number of aliphatic hydroxyl groups excluding tert-OH is 1. The molecule has 6 rings (SSSR count). The molecule has 0 saturated heterocycles. The molecule has 0 saturated carbocycles. The van der Waals surface area contributed by atoms with Gasteiger partial charge in [-0.1, -0.05) is 83.2 Å². The van der Waals surface area contributed by atoms with Crippen molar-refractivity contribution < 1.29 is 24.0 Å². The number of rotatable bonds is 8. The van der Waals surface area contributed by atoms with Crippen molar-refractivity contribution in [3.05, 3.63) is 122 Å². The van der Waals surface area contributed by atoms with E-state index in [0.29, 0.717) is 26.1 Å². The molecule has 0 bridgehead atoms. The molecule has 0 radical (unpaired) electrons. The van der Waals surface area contributed by atoms with Gasteiger partial charge >= 0.3 is 0 Å². The van der Waals surface area contributed by atoms with Gasteiger partial charge in [0.15, 0.2) is 15.9 Å².